The summed E-state index contributed by atoms with van der Waals surface area (Å²) >= 11 is 0. The predicted molar refractivity (Wildman–Crippen MR) is 65.8 cm³/mol. The molecule has 0 unspecified atom stereocenters. The quantitative estimate of drug-likeness (QED) is 0.589. The van der Waals surface area contributed by atoms with Crippen LogP contribution >= 0.6 is 0 Å². The molecule has 0 spiro atoms. The van der Waals surface area contributed by atoms with Crippen molar-refractivity contribution in [3.8, 4) is 0 Å². The second-order valence-electron chi connectivity index (χ2n) is 4.48. The Morgan fingerprint density at radius 2 is 2.18 bits per heavy atom. The van der Waals surface area contributed by atoms with Gasteiger partial charge in [0.15, 0.2) is 0 Å². The van der Waals surface area contributed by atoms with E-state index in [2.05, 4.69) is 10.2 Å². The fraction of sp³-hybridized carbons (Fsp3) is 0.917. The van der Waals surface area contributed by atoms with Crippen molar-refractivity contribution in [2.45, 2.75) is 31.7 Å². The Morgan fingerprint density at radius 3 is 2.76 bits per heavy atom. The summed E-state index contributed by atoms with van der Waals surface area (Å²) in [6.07, 6.45) is 4.76. The molecule has 1 amide bonds. The lowest BCUT2D eigenvalue weighted by atomic mass is 10.2. The van der Waals surface area contributed by atoms with Crippen molar-refractivity contribution < 1.29 is 14.6 Å². The van der Waals surface area contributed by atoms with Crippen LogP contribution in [0.2, 0.25) is 0 Å². The monoisotopic (exact) mass is 244 g/mol. The summed E-state index contributed by atoms with van der Waals surface area (Å²) in [6, 6.07) is 0.468. The van der Waals surface area contributed by atoms with Crippen molar-refractivity contribution in [1.29, 1.82) is 0 Å². The minimum atomic E-state index is 0.0161. The standard InChI is InChI=1S/C12H24N2O3/c1-17-9-6-13-12(16)10-14(7-8-15)11-4-2-3-5-11/h11,15H,2-10H2,1H3,(H,13,16). The van der Waals surface area contributed by atoms with Crippen LogP contribution in [-0.2, 0) is 9.53 Å². The molecule has 0 aromatic carbocycles. The van der Waals surface area contributed by atoms with E-state index in [0.29, 0.717) is 32.3 Å². The van der Waals surface area contributed by atoms with Crippen LogP contribution in [0.3, 0.4) is 0 Å². The second-order valence-corrected chi connectivity index (χ2v) is 4.48. The van der Waals surface area contributed by atoms with Gasteiger partial charge in [-0.3, -0.25) is 9.69 Å². The molecule has 0 saturated heterocycles. The van der Waals surface area contributed by atoms with Crippen LogP contribution < -0.4 is 5.32 Å². The molecule has 1 saturated carbocycles. The molecule has 5 nitrogen and oxygen atoms in total. The molecule has 0 bridgehead atoms. The van der Waals surface area contributed by atoms with E-state index < -0.39 is 0 Å². The highest BCUT2D eigenvalue weighted by Crippen LogP contribution is 2.22. The van der Waals surface area contributed by atoms with E-state index in [1.807, 2.05) is 0 Å². The lowest BCUT2D eigenvalue weighted by Crippen LogP contribution is -2.43. The van der Waals surface area contributed by atoms with Gasteiger partial charge in [-0.25, -0.2) is 0 Å². The van der Waals surface area contributed by atoms with E-state index in [-0.39, 0.29) is 12.5 Å². The lowest BCUT2D eigenvalue weighted by molar-refractivity contribution is -0.123. The van der Waals surface area contributed by atoms with E-state index >= 15 is 0 Å². The minimum Gasteiger partial charge on any atom is -0.395 e. The fourth-order valence-corrected chi connectivity index (χ4v) is 2.32. The number of aliphatic hydroxyl groups is 1. The smallest absolute Gasteiger partial charge is 0.234 e. The van der Waals surface area contributed by atoms with Gasteiger partial charge in [0.1, 0.15) is 0 Å². The van der Waals surface area contributed by atoms with E-state index in [0.717, 1.165) is 12.8 Å². The van der Waals surface area contributed by atoms with Gasteiger partial charge in [-0.05, 0) is 12.8 Å². The first-order valence-corrected chi connectivity index (χ1v) is 6.38. The maximum Gasteiger partial charge on any atom is 0.234 e. The average molecular weight is 244 g/mol. The number of carbonyl (C=O) groups is 1. The molecule has 1 rings (SSSR count). The zero-order chi connectivity index (χ0) is 12.5. The number of methoxy groups -OCH3 is 1. The molecule has 0 aromatic rings. The van der Waals surface area contributed by atoms with Crippen molar-refractivity contribution in [3.63, 3.8) is 0 Å². The predicted octanol–water partition coefficient (Wildman–Crippen LogP) is -0.0141. The number of nitrogens with one attached hydrogen (secondary N) is 1. The molecule has 0 radical (unpaired) electrons. The largest absolute Gasteiger partial charge is 0.395 e. The van der Waals surface area contributed by atoms with Crippen molar-refractivity contribution in [1.82, 2.24) is 10.2 Å². The molecule has 1 fully saturated rings. The minimum absolute atomic E-state index is 0.0161. The molecule has 0 aromatic heterocycles. The zero-order valence-electron chi connectivity index (χ0n) is 10.7. The first-order chi connectivity index (χ1) is 8.27. The number of aliphatic hydroxyl groups excluding tert-OH is 1. The molecule has 0 aliphatic heterocycles. The summed E-state index contributed by atoms with van der Waals surface area (Å²) in [4.78, 5) is 13.8. The van der Waals surface area contributed by atoms with Gasteiger partial charge >= 0.3 is 0 Å². The van der Waals surface area contributed by atoms with Crippen LogP contribution in [0.5, 0.6) is 0 Å². The first-order valence-electron chi connectivity index (χ1n) is 6.38. The second kappa shape index (κ2) is 8.44. The molecule has 100 valence electrons. The van der Waals surface area contributed by atoms with Gasteiger partial charge in [-0.2, -0.15) is 0 Å². The van der Waals surface area contributed by atoms with Gasteiger partial charge in [0.05, 0.1) is 19.8 Å². The van der Waals surface area contributed by atoms with Gasteiger partial charge in [-0.15, -0.1) is 0 Å². The van der Waals surface area contributed by atoms with Crippen LogP contribution in [0.25, 0.3) is 0 Å². The Hall–Kier alpha value is -0.650. The number of amides is 1. The third-order valence-corrected chi connectivity index (χ3v) is 3.20. The molecule has 1 aliphatic carbocycles. The molecular formula is C12H24N2O3. The Kier molecular flexibility index (Phi) is 7.16. The highest BCUT2D eigenvalue weighted by molar-refractivity contribution is 5.78. The summed E-state index contributed by atoms with van der Waals surface area (Å²) in [7, 11) is 1.61. The van der Waals surface area contributed by atoms with E-state index in [9.17, 15) is 4.79 Å². The van der Waals surface area contributed by atoms with Gasteiger partial charge in [0.2, 0.25) is 5.91 Å². The van der Waals surface area contributed by atoms with Gasteiger partial charge in [0, 0.05) is 26.2 Å². The Balaban J connectivity index is 2.29. The van der Waals surface area contributed by atoms with Crippen LogP contribution in [-0.4, -0.2) is 61.9 Å². The lowest BCUT2D eigenvalue weighted by Gasteiger charge is -2.27. The topological polar surface area (TPSA) is 61.8 Å². The highest BCUT2D eigenvalue weighted by Gasteiger charge is 2.23. The number of hydrogen-bond donors (Lipinski definition) is 2. The van der Waals surface area contributed by atoms with Crippen LogP contribution in [0, 0.1) is 0 Å². The average Bonchev–Trinajstić information content (AvgIpc) is 2.82. The molecule has 5 heteroatoms. The number of hydrogen-bond acceptors (Lipinski definition) is 4. The molecule has 17 heavy (non-hydrogen) atoms. The summed E-state index contributed by atoms with van der Waals surface area (Å²) in [6.45, 7) is 2.17. The molecule has 0 atom stereocenters. The SMILES string of the molecule is COCCNC(=O)CN(CCO)C1CCCC1. The highest BCUT2D eigenvalue weighted by atomic mass is 16.5. The number of rotatable bonds is 8. The number of carbonyl (C=O) groups excluding carboxylic acids is 1. The Morgan fingerprint density at radius 1 is 1.47 bits per heavy atom. The van der Waals surface area contributed by atoms with Crippen LogP contribution in [0.4, 0.5) is 0 Å². The zero-order valence-corrected chi connectivity index (χ0v) is 10.7. The third kappa shape index (κ3) is 5.48. The third-order valence-electron chi connectivity index (χ3n) is 3.20. The van der Waals surface area contributed by atoms with Crippen molar-refractivity contribution in [2.75, 3.05) is 40.0 Å². The van der Waals surface area contributed by atoms with E-state index in [1.54, 1.807) is 7.11 Å². The normalized spacial score (nSPS) is 16.6. The molecule has 2 N–H and O–H groups in total. The van der Waals surface area contributed by atoms with Gasteiger partial charge < -0.3 is 15.2 Å². The number of nitrogens with zero attached hydrogens (tertiary/aromatic N) is 1. The Labute approximate surface area is 103 Å². The maximum absolute atomic E-state index is 11.7. The van der Waals surface area contributed by atoms with Crippen molar-refractivity contribution >= 4 is 5.91 Å². The Bertz CT molecular complexity index is 218. The van der Waals surface area contributed by atoms with Crippen LogP contribution in [0.1, 0.15) is 25.7 Å². The number of ether oxygens (including phenoxy) is 1. The van der Waals surface area contributed by atoms with Crippen molar-refractivity contribution in [3.05, 3.63) is 0 Å². The van der Waals surface area contributed by atoms with Crippen LogP contribution in [0.15, 0.2) is 0 Å². The van der Waals surface area contributed by atoms with E-state index in [1.165, 1.54) is 12.8 Å². The fourth-order valence-electron chi connectivity index (χ4n) is 2.32. The van der Waals surface area contributed by atoms with Crippen molar-refractivity contribution in [2.24, 2.45) is 0 Å². The van der Waals surface area contributed by atoms with Gasteiger partial charge in [-0.1, -0.05) is 12.8 Å². The first kappa shape index (κ1) is 14.4. The molecule has 1 aliphatic rings. The summed E-state index contributed by atoms with van der Waals surface area (Å²) < 4.78 is 4.88. The summed E-state index contributed by atoms with van der Waals surface area (Å²) in [5, 5.41) is 11.8. The van der Waals surface area contributed by atoms with Gasteiger partial charge in [0.25, 0.3) is 0 Å². The summed E-state index contributed by atoms with van der Waals surface area (Å²) in [5.41, 5.74) is 0. The maximum atomic E-state index is 11.7. The summed E-state index contributed by atoms with van der Waals surface area (Å²) in [5.74, 6) is 0.0161. The molecule has 0 heterocycles. The van der Waals surface area contributed by atoms with E-state index in [4.69, 9.17) is 9.84 Å². The molecular weight excluding hydrogens is 220 g/mol.